The number of benzene rings is 1. The Morgan fingerprint density at radius 3 is 2.12 bits per heavy atom. The number of carbonyl (C=O) groups is 1. The summed E-state index contributed by atoms with van der Waals surface area (Å²) >= 11 is 0. The fourth-order valence-corrected chi connectivity index (χ4v) is 2.03. The van der Waals surface area contributed by atoms with Crippen molar-refractivity contribution >= 4 is 18.3 Å². The van der Waals surface area contributed by atoms with E-state index in [1.165, 1.54) is 21.0 Å². The smallest absolute Gasteiger partial charge is 0.416 e. The first-order valence-electron chi connectivity index (χ1n) is 7.02. The molecule has 1 aromatic rings. The van der Waals surface area contributed by atoms with Crippen molar-refractivity contribution in [3.05, 3.63) is 29.8 Å². The third-order valence-electron chi connectivity index (χ3n) is 3.46. The molecule has 0 saturated carbocycles. The van der Waals surface area contributed by atoms with Crippen LogP contribution in [0.1, 0.15) is 25.5 Å². The maximum absolute atomic E-state index is 12.7. The number of rotatable bonds is 6. The van der Waals surface area contributed by atoms with Crippen LogP contribution < -0.4 is 15.8 Å². The fourth-order valence-electron chi connectivity index (χ4n) is 2.03. The molecule has 0 spiro atoms. The van der Waals surface area contributed by atoms with Crippen molar-refractivity contribution in [1.29, 1.82) is 0 Å². The highest BCUT2D eigenvalue weighted by atomic mass is 35.5. The summed E-state index contributed by atoms with van der Waals surface area (Å²) < 4.78 is 43.0. The second-order valence-corrected chi connectivity index (χ2v) is 5.52. The number of alkyl halides is 3. The van der Waals surface area contributed by atoms with Crippen molar-refractivity contribution in [2.45, 2.75) is 38.2 Å². The molecular weight excluding hydrogens is 349 g/mol. The van der Waals surface area contributed by atoms with Crippen LogP contribution in [-0.2, 0) is 4.79 Å². The summed E-state index contributed by atoms with van der Waals surface area (Å²) in [7, 11) is 1.48. The molecule has 0 bridgehead atoms. The first-order valence-corrected chi connectivity index (χ1v) is 7.02. The van der Waals surface area contributed by atoms with Gasteiger partial charge in [0.25, 0.3) is 0 Å². The summed E-state index contributed by atoms with van der Waals surface area (Å²) in [6.45, 7) is 2.94. The van der Waals surface area contributed by atoms with Gasteiger partial charge in [0.05, 0.1) is 13.2 Å². The van der Waals surface area contributed by atoms with Gasteiger partial charge in [-0.3, -0.25) is 4.79 Å². The first-order chi connectivity index (χ1) is 10.6. The minimum Gasteiger partial charge on any atom is -0.497 e. The number of amides is 1. The molecule has 138 valence electrons. The quantitative estimate of drug-likeness (QED) is 0.716. The second kappa shape index (κ2) is 9.10. The predicted molar refractivity (Wildman–Crippen MR) is 86.0 cm³/mol. The number of halogens is 4. The highest BCUT2D eigenvalue weighted by Crippen LogP contribution is 2.26. The van der Waals surface area contributed by atoms with Crippen LogP contribution in [0.15, 0.2) is 24.3 Å². The van der Waals surface area contributed by atoms with Crippen molar-refractivity contribution in [1.82, 2.24) is 5.32 Å². The van der Waals surface area contributed by atoms with Gasteiger partial charge >= 0.3 is 6.18 Å². The predicted octanol–water partition coefficient (Wildman–Crippen LogP) is 2.18. The van der Waals surface area contributed by atoms with Crippen molar-refractivity contribution in [2.75, 3.05) is 7.11 Å². The zero-order valence-corrected chi connectivity index (χ0v) is 14.3. The summed E-state index contributed by atoms with van der Waals surface area (Å²) in [5, 5.41) is 11.6. The van der Waals surface area contributed by atoms with Gasteiger partial charge in [0.2, 0.25) is 5.91 Å². The Bertz CT molecular complexity index is 524. The molecule has 0 aliphatic carbocycles. The van der Waals surface area contributed by atoms with Crippen molar-refractivity contribution in [3.8, 4) is 5.75 Å². The van der Waals surface area contributed by atoms with Gasteiger partial charge in [0.15, 0.2) is 6.10 Å². The Labute approximate surface area is 144 Å². The van der Waals surface area contributed by atoms with E-state index >= 15 is 0 Å². The van der Waals surface area contributed by atoms with Crippen LogP contribution in [0.4, 0.5) is 13.2 Å². The third kappa shape index (κ3) is 5.85. The highest BCUT2D eigenvalue weighted by molar-refractivity contribution is 5.85. The third-order valence-corrected chi connectivity index (χ3v) is 3.46. The van der Waals surface area contributed by atoms with Crippen molar-refractivity contribution in [2.24, 2.45) is 11.7 Å². The standard InChI is InChI=1S/C15H21F3N2O3.ClH/c1-8(2)12(13(21)15(16,17)18)20-14(22)11(19)9-4-6-10(23-3)7-5-9;/h4-8,11-13,21H,19H2,1-3H3,(H,20,22);1H/t11-,12-,13-;/m0./s1. The molecular formula is C15H22ClF3N2O3. The number of nitrogens with two attached hydrogens (primary N) is 1. The SMILES string of the molecule is COc1ccc([C@H](N)C(=O)N[C@@H](C(C)C)[C@H](O)C(F)(F)F)cc1.Cl. The van der Waals surface area contributed by atoms with E-state index in [1.54, 1.807) is 24.3 Å². The lowest BCUT2D eigenvalue weighted by Crippen LogP contribution is -2.54. The van der Waals surface area contributed by atoms with Crippen LogP contribution in [0, 0.1) is 5.92 Å². The van der Waals surface area contributed by atoms with Gasteiger partial charge in [-0.15, -0.1) is 12.4 Å². The van der Waals surface area contributed by atoms with Crippen LogP contribution in [0.5, 0.6) is 5.75 Å². The number of carbonyl (C=O) groups excluding carboxylic acids is 1. The maximum Gasteiger partial charge on any atom is 0.416 e. The summed E-state index contributed by atoms with van der Waals surface area (Å²) in [5.74, 6) is -0.857. The summed E-state index contributed by atoms with van der Waals surface area (Å²) in [6.07, 6.45) is -7.48. The number of methoxy groups -OCH3 is 1. The topological polar surface area (TPSA) is 84.6 Å². The zero-order chi connectivity index (χ0) is 17.8. The average Bonchev–Trinajstić information content (AvgIpc) is 2.49. The Kier molecular flexibility index (Phi) is 8.53. The molecule has 0 aliphatic rings. The Morgan fingerprint density at radius 2 is 1.75 bits per heavy atom. The number of aliphatic hydroxyl groups excluding tert-OH is 1. The molecule has 1 aromatic carbocycles. The Morgan fingerprint density at radius 1 is 1.25 bits per heavy atom. The molecule has 0 radical (unpaired) electrons. The average molecular weight is 371 g/mol. The van der Waals surface area contributed by atoms with Crippen LogP contribution in [0.25, 0.3) is 0 Å². The molecule has 0 unspecified atom stereocenters. The van der Waals surface area contributed by atoms with E-state index in [1.807, 2.05) is 0 Å². The van der Waals surface area contributed by atoms with Gasteiger partial charge in [0.1, 0.15) is 11.8 Å². The normalized spacial score (nSPS) is 15.2. The summed E-state index contributed by atoms with van der Waals surface area (Å²) in [5.41, 5.74) is 6.20. The van der Waals surface area contributed by atoms with Crippen LogP contribution in [-0.4, -0.2) is 36.4 Å². The molecule has 0 heterocycles. The van der Waals surface area contributed by atoms with Gasteiger partial charge < -0.3 is 20.9 Å². The van der Waals surface area contributed by atoms with E-state index in [0.29, 0.717) is 11.3 Å². The van der Waals surface area contributed by atoms with Crippen LogP contribution >= 0.6 is 12.4 Å². The highest BCUT2D eigenvalue weighted by Gasteiger charge is 2.45. The molecule has 1 rings (SSSR count). The number of aliphatic hydroxyl groups is 1. The van der Waals surface area contributed by atoms with Gasteiger partial charge in [-0.2, -0.15) is 13.2 Å². The maximum atomic E-state index is 12.7. The number of nitrogens with one attached hydrogen (secondary N) is 1. The number of hydrogen-bond acceptors (Lipinski definition) is 4. The lowest BCUT2D eigenvalue weighted by Gasteiger charge is -2.29. The van der Waals surface area contributed by atoms with E-state index in [2.05, 4.69) is 5.32 Å². The van der Waals surface area contributed by atoms with Crippen LogP contribution in [0.2, 0.25) is 0 Å². The Balaban J connectivity index is 0.00000529. The molecule has 0 aromatic heterocycles. The molecule has 0 saturated heterocycles. The van der Waals surface area contributed by atoms with Gasteiger partial charge in [-0.05, 0) is 23.6 Å². The molecule has 5 nitrogen and oxygen atoms in total. The van der Waals surface area contributed by atoms with Gasteiger partial charge in [-0.25, -0.2) is 0 Å². The minimum atomic E-state index is -4.83. The van der Waals surface area contributed by atoms with E-state index in [0.717, 1.165) is 0 Å². The number of ether oxygens (including phenoxy) is 1. The van der Waals surface area contributed by atoms with Gasteiger partial charge in [0, 0.05) is 0 Å². The van der Waals surface area contributed by atoms with E-state index in [4.69, 9.17) is 10.5 Å². The van der Waals surface area contributed by atoms with Crippen molar-refractivity contribution < 1.29 is 27.8 Å². The minimum absolute atomic E-state index is 0. The van der Waals surface area contributed by atoms with E-state index in [9.17, 15) is 23.1 Å². The molecule has 9 heteroatoms. The fraction of sp³-hybridized carbons (Fsp3) is 0.533. The monoisotopic (exact) mass is 370 g/mol. The second-order valence-electron chi connectivity index (χ2n) is 5.52. The zero-order valence-electron chi connectivity index (χ0n) is 13.5. The number of hydrogen-bond donors (Lipinski definition) is 3. The molecule has 24 heavy (non-hydrogen) atoms. The molecule has 1 amide bonds. The lowest BCUT2D eigenvalue weighted by atomic mass is 9.97. The molecule has 4 N–H and O–H groups in total. The molecule has 3 atom stereocenters. The summed E-state index contributed by atoms with van der Waals surface area (Å²) in [6, 6.07) is 3.65. The van der Waals surface area contributed by atoms with E-state index in [-0.39, 0.29) is 12.4 Å². The van der Waals surface area contributed by atoms with Gasteiger partial charge in [-0.1, -0.05) is 26.0 Å². The van der Waals surface area contributed by atoms with E-state index < -0.39 is 36.2 Å². The largest absolute Gasteiger partial charge is 0.497 e. The Hall–Kier alpha value is -1.51. The first kappa shape index (κ1) is 22.5. The molecule has 0 fully saturated rings. The lowest BCUT2D eigenvalue weighted by molar-refractivity contribution is -0.215. The van der Waals surface area contributed by atoms with Crippen molar-refractivity contribution in [3.63, 3.8) is 0 Å². The molecule has 0 aliphatic heterocycles. The van der Waals surface area contributed by atoms with Crippen LogP contribution in [0.3, 0.4) is 0 Å². The summed E-state index contributed by atoms with van der Waals surface area (Å²) in [4.78, 5) is 12.1.